The molecule has 4 N–H and O–H groups in total. The first kappa shape index (κ1) is 10.6. The first-order valence-electron chi connectivity index (χ1n) is 5.31. The Morgan fingerprint density at radius 3 is 2.00 bits per heavy atom. The third-order valence-corrected chi connectivity index (χ3v) is 2.86. The maximum atomic E-state index is 5.83. The first-order chi connectivity index (χ1) is 7.59. The minimum absolute atomic E-state index is 0.634. The maximum absolute atomic E-state index is 5.83. The Hall–Kier alpha value is -1.96. The van der Waals surface area contributed by atoms with E-state index in [1.807, 2.05) is 18.2 Å². The number of nitrogen functional groups attached to an aromatic ring is 2. The largest absolute Gasteiger partial charge is 0.397 e. The Kier molecular flexibility index (Phi) is 2.57. The summed E-state index contributed by atoms with van der Waals surface area (Å²) in [6.45, 7) is 4.21. The van der Waals surface area contributed by atoms with E-state index in [4.69, 9.17) is 11.5 Å². The number of anilines is 2. The van der Waals surface area contributed by atoms with Crippen LogP contribution in [-0.4, -0.2) is 0 Å². The highest BCUT2D eigenvalue weighted by Crippen LogP contribution is 2.30. The van der Waals surface area contributed by atoms with Crippen molar-refractivity contribution in [2.45, 2.75) is 13.8 Å². The SMILES string of the molecule is Cc1cccc(C)c1-c1ccc(N)c(N)c1. The van der Waals surface area contributed by atoms with Gasteiger partial charge in [0.1, 0.15) is 0 Å². The third-order valence-electron chi connectivity index (χ3n) is 2.86. The first-order valence-corrected chi connectivity index (χ1v) is 5.31. The van der Waals surface area contributed by atoms with E-state index in [1.54, 1.807) is 0 Å². The molecule has 2 rings (SSSR count). The monoisotopic (exact) mass is 212 g/mol. The molecule has 0 aromatic heterocycles. The van der Waals surface area contributed by atoms with Gasteiger partial charge in [0.25, 0.3) is 0 Å². The second kappa shape index (κ2) is 3.89. The lowest BCUT2D eigenvalue weighted by Crippen LogP contribution is -1.95. The van der Waals surface area contributed by atoms with Crippen molar-refractivity contribution in [1.29, 1.82) is 0 Å². The summed E-state index contributed by atoms with van der Waals surface area (Å²) in [6, 6.07) is 12.1. The Bertz CT molecular complexity index is 510. The van der Waals surface area contributed by atoms with Crippen molar-refractivity contribution in [1.82, 2.24) is 0 Å². The zero-order valence-electron chi connectivity index (χ0n) is 9.62. The smallest absolute Gasteiger partial charge is 0.0554 e. The van der Waals surface area contributed by atoms with Crippen molar-refractivity contribution in [3.63, 3.8) is 0 Å². The van der Waals surface area contributed by atoms with E-state index in [1.165, 1.54) is 16.7 Å². The summed E-state index contributed by atoms with van der Waals surface area (Å²) >= 11 is 0. The number of rotatable bonds is 1. The molecule has 0 saturated heterocycles. The second-order valence-electron chi connectivity index (χ2n) is 4.11. The summed E-state index contributed by atoms with van der Waals surface area (Å²) in [4.78, 5) is 0. The van der Waals surface area contributed by atoms with Crippen molar-refractivity contribution < 1.29 is 0 Å². The van der Waals surface area contributed by atoms with Gasteiger partial charge in [0.05, 0.1) is 11.4 Å². The number of aryl methyl sites for hydroxylation is 2. The average Bonchev–Trinajstić information content (AvgIpc) is 2.23. The highest BCUT2D eigenvalue weighted by atomic mass is 14.7. The van der Waals surface area contributed by atoms with E-state index in [0.717, 1.165) is 5.56 Å². The Morgan fingerprint density at radius 2 is 1.44 bits per heavy atom. The van der Waals surface area contributed by atoms with Crippen LogP contribution in [0.4, 0.5) is 11.4 Å². The lowest BCUT2D eigenvalue weighted by molar-refractivity contribution is 1.38. The van der Waals surface area contributed by atoms with Crippen molar-refractivity contribution in [2.75, 3.05) is 11.5 Å². The number of benzene rings is 2. The number of hydrogen-bond acceptors (Lipinski definition) is 2. The summed E-state index contributed by atoms with van der Waals surface area (Å²) < 4.78 is 0. The van der Waals surface area contributed by atoms with Crippen LogP contribution in [-0.2, 0) is 0 Å². The normalized spacial score (nSPS) is 10.4. The molecule has 0 unspecified atom stereocenters. The molecule has 0 spiro atoms. The van der Waals surface area contributed by atoms with Crippen LogP contribution in [0, 0.1) is 13.8 Å². The van der Waals surface area contributed by atoms with Crippen molar-refractivity contribution in [3.8, 4) is 11.1 Å². The summed E-state index contributed by atoms with van der Waals surface area (Å²) in [5.41, 5.74) is 17.7. The van der Waals surface area contributed by atoms with Gasteiger partial charge in [0.15, 0.2) is 0 Å². The second-order valence-corrected chi connectivity index (χ2v) is 4.11. The van der Waals surface area contributed by atoms with Gasteiger partial charge in [0.2, 0.25) is 0 Å². The van der Waals surface area contributed by atoms with E-state index in [9.17, 15) is 0 Å². The molecule has 0 fully saturated rings. The van der Waals surface area contributed by atoms with E-state index in [0.29, 0.717) is 11.4 Å². The zero-order chi connectivity index (χ0) is 11.7. The van der Waals surface area contributed by atoms with Crippen molar-refractivity contribution in [3.05, 3.63) is 47.5 Å². The molecule has 0 heterocycles. The molecule has 0 radical (unpaired) electrons. The highest BCUT2D eigenvalue weighted by molar-refractivity contribution is 5.77. The lowest BCUT2D eigenvalue weighted by Gasteiger charge is -2.11. The fourth-order valence-corrected chi connectivity index (χ4v) is 2.00. The summed E-state index contributed by atoms with van der Waals surface area (Å²) in [6.07, 6.45) is 0. The van der Waals surface area contributed by atoms with E-state index < -0.39 is 0 Å². The predicted molar refractivity (Wildman–Crippen MR) is 70.2 cm³/mol. The van der Waals surface area contributed by atoms with Gasteiger partial charge in [-0.2, -0.15) is 0 Å². The van der Waals surface area contributed by atoms with E-state index >= 15 is 0 Å². The quantitative estimate of drug-likeness (QED) is 0.713. The minimum atomic E-state index is 0.634. The fraction of sp³-hybridized carbons (Fsp3) is 0.143. The van der Waals surface area contributed by atoms with Crippen molar-refractivity contribution in [2.24, 2.45) is 0 Å². The third kappa shape index (κ3) is 1.74. The van der Waals surface area contributed by atoms with Crippen LogP contribution in [0.25, 0.3) is 11.1 Å². The van der Waals surface area contributed by atoms with Gasteiger partial charge in [-0.05, 0) is 48.2 Å². The summed E-state index contributed by atoms with van der Waals surface area (Å²) in [7, 11) is 0. The molecule has 2 aromatic carbocycles. The molecule has 0 aliphatic rings. The molecular weight excluding hydrogens is 196 g/mol. The van der Waals surface area contributed by atoms with Crippen LogP contribution in [0.2, 0.25) is 0 Å². The highest BCUT2D eigenvalue weighted by Gasteiger charge is 2.06. The summed E-state index contributed by atoms with van der Waals surface area (Å²) in [5, 5.41) is 0. The number of hydrogen-bond donors (Lipinski definition) is 2. The Labute approximate surface area is 95.9 Å². The molecule has 2 aromatic rings. The van der Waals surface area contributed by atoms with Crippen LogP contribution in [0.3, 0.4) is 0 Å². The predicted octanol–water partition coefficient (Wildman–Crippen LogP) is 3.13. The van der Waals surface area contributed by atoms with Crippen molar-refractivity contribution >= 4 is 11.4 Å². The lowest BCUT2D eigenvalue weighted by atomic mass is 9.95. The molecule has 0 atom stereocenters. The van der Waals surface area contributed by atoms with Gasteiger partial charge < -0.3 is 11.5 Å². The van der Waals surface area contributed by atoms with Crippen LogP contribution < -0.4 is 11.5 Å². The van der Waals surface area contributed by atoms with Crippen LogP contribution >= 0.6 is 0 Å². The molecule has 0 aliphatic heterocycles. The minimum Gasteiger partial charge on any atom is -0.397 e. The van der Waals surface area contributed by atoms with E-state index in [2.05, 4.69) is 32.0 Å². The molecule has 0 saturated carbocycles. The molecule has 0 bridgehead atoms. The van der Waals surface area contributed by atoms with Gasteiger partial charge in [-0.3, -0.25) is 0 Å². The Morgan fingerprint density at radius 1 is 0.812 bits per heavy atom. The molecule has 2 nitrogen and oxygen atoms in total. The fourth-order valence-electron chi connectivity index (χ4n) is 2.00. The zero-order valence-corrected chi connectivity index (χ0v) is 9.62. The van der Waals surface area contributed by atoms with E-state index in [-0.39, 0.29) is 0 Å². The van der Waals surface area contributed by atoms with Crippen LogP contribution in [0.1, 0.15) is 11.1 Å². The molecule has 0 aliphatic carbocycles. The van der Waals surface area contributed by atoms with Gasteiger partial charge in [0, 0.05) is 0 Å². The van der Waals surface area contributed by atoms with Gasteiger partial charge in [-0.1, -0.05) is 24.3 Å². The topological polar surface area (TPSA) is 52.0 Å². The molecule has 0 amide bonds. The maximum Gasteiger partial charge on any atom is 0.0554 e. The average molecular weight is 212 g/mol. The molecule has 16 heavy (non-hydrogen) atoms. The Balaban J connectivity index is 2.63. The van der Waals surface area contributed by atoms with Gasteiger partial charge in [-0.25, -0.2) is 0 Å². The summed E-state index contributed by atoms with van der Waals surface area (Å²) in [5.74, 6) is 0. The molecule has 2 heteroatoms. The van der Waals surface area contributed by atoms with Crippen LogP contribution in [0.5, 0.6) is 0 Å². The van der Waals surface area contributed by atoms with Gasteiger partial charge >= 0.3 is 0 Å². The molecular formula is C14H16N2. The standard InChI is InChI=1S/C14H16N2/c1-9-4-3-5-10(2)14(9)11-6-7-12(15)13(16)8-11/h3-8H,15-16H2,1-2H3. The number of nitrogens with two attached hydrogens (primary N) is 2. The molecule has 82 valence electrons. The van der Waals surface area contributed by atoms with Crippen LogP contribution in [0.15, 0.2) is 36.4 Å². The van der Waals surface area contributed by atoms with Gasteiger partial charge in [-0.15, -0.1) is 0 Å².